The number of aromatic amines is 1. The molecule has 2 aromatic rings. The second kappa shape index (κ2) is 6.69. The van der Waals surface area contributed by atoms with Crippen molar-refractivity contribution in [3.8, 4) is 6.07 Å². The summed E-state index contributed by atoms with van der Waals surface area (Å²) in [5.41, 5.74) is -1.01. The third-order valence-corrected chi connectivity index (χ3v) is 5.35. The van der Waals surface area contributed by atoms with Crippen LogP contribution in [0.2, 0.25) is 0 Å². The number of hydrogen-bond donors (Lipinski definition) is 1. The summed E-state index contributed by atoms with van der Waals surface area (Å²) >= 11 is 0. The number of ether oxygens (including phenoxy) is 1. The summed E-state index contributed by atoms with van der Waals surface area (Å²) in [5.74, 6) is -1.29. The van der Waals surface area contributed by atoms with E-state index < -0.39 is 17.2 Å². The van der Waals surface area contributed by atoms with E-state index in [1.165, 1.54) is 0 Å². The number of piperidine rings is 1. The molecule has 26 heavy (non-hydrogen) atoms. The van der Waals surface area contributed by atoms with Gasteiger partial charge in [0.25, 0.3) is 5.56 Å². The van der Waals surface area contributed by atoms with Crippen LogP contribution in [0.15, 0.2) is 10.9 Å². The number of halogens is 2. The van der Waals surface area contributed by atoms with E-state index >= 15 is 4.39 Å². The monoisotopic (exact) mass is 361 g/mol. The van der Waals surface area contributed by atoms with Gasteiger partial charge >= 0.3 is 0 Å². The van der Waals surface area contributed by atoms with Crippen molar-refractivity contribution in [2.75, 3.05) is 25.1 Å². The number of aromatic nitrogens is 1. The van der Waals surface area contributed by atoms with Crippen molar-refractivity contribution in [1.29, 1.82) is 5.26 Å². The number of H-pyrrole nitrogens is 1. The lowest BCUT2D eigenvalue weighted by Crippen LogP contribution is -2.44. The van der Waals surface area contributed by atoms with Crippen molar-refractivity contribution in [2.24, 2.45) is 0 Å². The summed E-state index contributed by atoms with van der Waals surface area (Å²) in [6, 6.07) is 2.97. The van der Waals surface area contributed by atoms with Gasteiger partial charge < -0.3 is 14.6 Å². The molecule has 5 nitrogen and oxygen atoms in total. The van der Waals surface area contributed by atoms with Crippen molar-refractivity contribution >= 4 is 16.6 Å². The van der Waals surface area contributed by atoms with E-state index in [1.54, 1.807) is 18.9 Å². The molecule has 138 valence electrons. The fourth-order valence-electron chi connectivity index (χ4n) is 3.52. The highest BCUT2D eigenvalue weighted by atomic mass is 19.1. The molecule has 0 atom stereocenters. The molecule has 1 aliphatic heterocycles. The molecule has 1 fully saturated rings. The number of pyridine rings is 1. The van der Waals surface area contributed by atoms with Crippen LogP contribution in [0.5, 0.6) is 0 Å². The summed E-state index contributed by atoms with van der Waals surface area (Å²) in [7, 11) is 1.64. The van der Waals surface area contributed by atoms with Gasteiger partial charge in [-0.05, 0) is 37.8 Å². The number of benzene rings is 1. The Bertz CT molecular complexity index is 954. The Morgan fingerprint density at radius 2 is 2.04 bits per heavy atom. The van der Waals surface area contributed by atoms with E-state index in [0.29, 0.717) is 32.4 Å². The largest absolute Gasteiger partial charge is 0.378 e. The van der Waals surface area contributed by atoms with Gasteiger partial charge in [0.15, 0.2) is 0 Å². The van der Waals surface area contributed by atoms with E-state index in [2.05, 4.69) is 4.98 Å². The maximum Gasteiger partial charge on any atom is 0.268 e. The lowest BCUT2D eigenvalue weighted by atomic mass is 9.92. The molecule has 1 aliphatic rings. The average molecular weight is 361 g/mol. The quantitative estimate of drug-likeness (QED) is 0.911. The van der Waals surface area contributed by atoms with Crippen LogP contribution in [0, 0.1) is 23.0 Å². The summed E-state index contributed by atoms with van der Waals surface area (Å²) in [6.45, 7) is 4.68. The number of aryl methyl sites for hydroxylation is 1. The van der Waals surface area contributed by atoms with E-state index in [0.717, 1.165) is 6.07 Å². The van der Waals surface area contributed by atoms with Crippen molar-refractivity contribution in [1.82, 2.24) is 4.98 Å². The first-order chi connectivity index (χ1) is 12.3. The number of hydrogen-bond acceptors (Lipinski definition) is 4. The molecule has 0 amide bonds. The number of fused-ring (bicyclic) bond motifs is 1. The second-order valence-corrected chi connectivity index (χ2v) is 6.87. The Labute approximate surface area is 150 Å². The molecule has 0 aliphatic carbocycles. The van der Waals surface area contributed by atoms with Crippen molar-refractivity contribution in [3.05, 3.63) is 39.2 Å². The molecule has 0 bridgehead atoms. The van der Waals surface area contributed by atoms with Gasteiger partial charge in [0.05, 0.1) is 22.2 Å². The van der Waals surface area contributed by atoms with Gasteiger partial charge in [-0.2, -0.15) is 5.26 Å². The number of methoxy groups -OCH3 is 1. The predicted molar refractivity (Wildman–Crippen MR) is 95.4 cm³/mol. The fraction of sp³-hybridized carbons (Fsp3) is 0.474. The standard InChI is InChI=1S/C19H21F2N3O2/c1-4-11-9-13(20)16-14(15(11)21)17(12(10-22)18(25)23-16)24-7-5-19(2,26-3)6-8-24/h9H,4-8H2,1-3H3,(H,23,25). The van der Waals surface area contributed by atoms with Gasteiger partial charge in [-0.15, -0.1) is 0 Å². The summed E-state index contributed by atoms with van der Waals surface area (Å²) in [6.07, 6.45) is 1.61. The van der Waals surface area contributed by atoms with Crippen LogP contribution in [-0.2, 0) is 11.2 Å². The summed E-state index contributed by atoms with van der Waals surface area (Å²) < 4.78 is 35.1. The zero-order valence-electron chi connectivity index (χ0n) is 15.1. The Morgan fingerprint density at radius 3 is 2.58 bits per heavy atom. The number of nitrogens with one attached hydrogen (secondary N) is 1. The molecular formula is C19H21F2N3O2. The molecular weight excluding hydrogens is 340 g/mol. The van der Waals surface area contributed by atoms with Crippen LogP contribution in [0.4, 0.5) is 14.5 Å². The molecule has 2 heterocycles. The minimum absolute atomic E-state index is 0.0287. The molecule has 7 heteroatoms. The lowest BCUT2D eigenvalue weighted by molar-refractivity contribution is -0.0132. The van der Waals surface area contributed by atoms with Crippen molar-refractivity contribution in [3.63, 3.8) is 0 Å². The molecule has 1 N–H and O–H groups in total. The topological polar surface area (TPSA) is 69.1 Å². The van der Waals surface area contributed by atoms with E-state index in [-0.39, 0.29) is 33.3 Å². The van der Waals surface area contributed by atoms with Crippen LogP contribution < -0.4 is 10.5 Å². The van der Waals surface area contributed by atoms with Crippen molar-refractivity contribution in [2.45, 2.75) is 38.7 Å². The fourth-order valence-corrected chi connectivity index (χ4v) is 3.52. The van der Waals surface area contributed by atoms with Gasteiger partial charge in [-0.3, -0.25) is 4.79 Å². The molecule has 0 unspecified atom stereocenters. The van der Waals surface area contributed by atoms with E-state index in [4.69, 9.17) is 4.74 Å². The number of anilines is 1. The van der Waals surface area contributed by atoms with Crippen LogP contribution in [0.25, 0.3) is 10.9 Å². The Morgan fingerprint density at radius 1 is 1.38 bits per heavy atom. The van der Waals surface area contributed by atoms with Crippen LogP contribution in [0.3, 0.4) is 0 Å². The Balaban J connectivity index is 2.28. The lowest BCUT2D eigenvalue weighted by Gasteiger charge is -2.40. The normalized spacial score (nSPS) is 16.7. The summed E-state index contributed by atoms with van der Waals surface area (Å²) in [5, 5.41) is 9.46. The Hall–Kier alpha value is -2.46. The zero-order chi connectivity index (χ0) is 19.1. The highest BCUT2D eigenvalue weighted by molar-refractivity contribution is 5.96. The molecule has 0 saturated carbocycles. The number of rotatable bonds is 3. The third-order valence-electron chi connectivity index (χ3n) is 5.35. The predicted octanol–water partition coefficient (Wildman–Crippen LogP) is 3.25. The van der Waals surface area contributed by atoms with Gasteiger partial charge in [-0.1, -0.05) is 6.92 Å². The van der Waals surface area contributed by atoms with Crippen LogP contribution in [0.1, 0.15) is 37.8 Å². The van der Waals surface area contributed by atoms with Gasteiger partial charge in [0, 0.05) is 20.2 Å². The number of nitriles is 1. The molecule has 1 aromatic heterocycles. The maximum absolute atomic E-state index is 15.1. The first-order valence-electron chi connectivity index (χ1n) is 8.62. The average Bonchev–Trinajstić information content (AvgIpc) is 2.64. The second-order valence-electron chi connectivity index (χ2n) is 6.87. The van der Waals surface area contributed by atoms with Gasteiger partial charge in [0.2, 0.25) is 0 Å². The number of nitrogens with zero attached hydrogens (tertiary/aromatic N) is 2. The SMILES string of the molecule is CCc1cc(F)c2[nH]c(=O)c(C#N)c(N3CCC(C)(OC)CC3)c2c1F. The van der Waals surface area contributed by atoms with E-state index in [1.807, 2.05) is 13.0 Å². The highest BCUT2D eigenvalue weighted by Crippen LogP contribution is 2.36. The van der Waals surface area contributed by atoms with Crippen molar-refractivity contribution < 1.29 is 13.5 Å². The third kappa shape index (κ3) is 2.84. The van der Waals surface area contributed by atoms with Crippen LogP contribution >= 0.6 is 0 Å². The molecule has 1 saturated heterocycles. The smallest absolute Gasteiger partial charge is 0.268 e. The molecule has 0 spiro atoms. The first kappa shape index (κ1) is 18.3. The summed E-state index contributed by atoms with van der Waals surface area (Å²) in [4.78, 5) is 16.4. The molecule has 3 rings (SSSR count). The highest BCUT2D eigenvalue weighted by Gasteiger charge is 2.33. The maximum atomic E-state index is 15.1. The first-order valence-corrected chi connectivity index (χ1v) is 8.62. The van der Waals surface area contributed by atoms with Gasteiger partial charge in [0.1, 0.15) is 23.3 Å². The Kier molecular flexibility index (Phi) is 4.72. The molecule has 0 radical (unpaired) electrons. The minimum atomic E-state index is -0.711. The van der Waals surface area contributed by atoms with Crippen LogP contribution in [-0.4, -0.2) is 30.8 Å². The van der Waals surface area contributed by atoms with E-state index in [9.17, 15) is 14.4 Å². The zero-order valence-corrected chi connectivity index (χ0v) is 15.1. The minimum Gasteiger partial charge on any atom is -0.378 e. The van der Waals surface area contributed by atoms with Gasteiger partial charge in [-0.25, -0.2) is 8.78 Å². The molecule has 1 aromatic carbocycles.